The molecule has 2 aromatic carbocycles. The molecule has 35 heavy (non-hydrogen) atoms. The highest BCUT2D eigenvalue weighted by atomic mass is 32.2. The van der Waals surface area contributed by atoms with Gasteiger partial charge in [-0.1, -0.05) is 68.8 Å². The van der Waals surface area contributed by atoms with Crippen LogP contribution in [-0.2, 0) is 14.3 Å². The van der Waals surface area contributed by atoms with Crippen molar-refractivity contribution in [3.05, 3.63) is 59.7 Å². The number of carbonyl (C=O) groups excluding carboxylic acids is 2. The molecule has 1 fully saturated rings. The topological polar surface area (TPSA) is 95.9 Å². The number of hydrogen-bond donors (Lipinski definition) is 2. The fourth-order valence-corrected chi connectivity index (χ4v) is 6.01. The zero-order chi connectivity index (χ0) is 24.9. The molecule has 7 nitrogen and oxygen atoms in total. The van der Waals surface area contributed by atoms with Crippen LogP contribution in [-0.4, -0.2) is 64.7 Å². The average Bonchev–Trinajstić information content (AvgIpc) is 3.19. The van der Waals surface area contributed by atoms with Crippen molar-refractivity contribution in [1.29, 1.82) is 0 Å². The van der Waals surface area contributed by atoms with Crippen molar-refractivity contribution in [2.75, 3.05) is 24.7 Å². The molecular formula is C27H32N2O5S. The number of carbonyl (C=O) groups is 3. The number of aliphatic carboxylic acids is 1. The molecule has 0 radical (unpaired) electrons. The molecule has 3 atom stereocenters. The summed E-state index contributed by atoms with van der Waals surface area (Å²) in [6, 6.07) is 15.1. The maximum absolute atomic E-state index is 13.5. The molecule has 1 aliphatic carbocycles. The van der Waals surface area contributed by atoms with E-state index in [2.05, 4.69) is 29.6 Å². The number of carboxylic acids is 1. The van der Waals surface area contributed by atoms with Crippen molar-refractivity contribution < 1.29 is 24.2 Å². The lowest BCUT2D eigenvalue weighted by Gasteiger charge is -2.38. The van der Waals surface area contributed by atoms with Crippen LogP contribution in [0.1, 0.15) is 43.7 Å². The van der Waals surface area contributed by atoms with Crippen molar-refractivity contribution in [2.24, 2.45) is 5.92 Å². The molecule has 4 rings (SSSR count). The van der Waals surface area contributed by atoms with Crippen molar-refractivity contribution in [3.8, 4) is 11.1 Å². The highest BCUT2D eigenvalue weighted by molar-refractivity contribution is 7.99. The number of benzene rings is 2. The number of ether oxygens (including phenoxy) is 1. The van der Waals surface area contributed by atoms with Gasteiger partial charge in [-0.15, -0.1) is 0 Å². The number of alkyl carbamates (subject to hydrolysis) is 1. The van der Waals surface area contributed by atoms with E-state index in [0.717, 1.165) is 28.0 Å². The molecule has 2 aliphatic rings. The second-order valence-electron chi connectivity index (χ2n) is 9.19. The fraction of sp³-hybridized carbons (Fsp3) is 0.444. The van der Waals surface area contributed by atoms with E-state index in [1.54, 1.807) is 16.7 Å². The summed E-state index contributed by atoms with van der Waals surface area (Å²) in [7, 11) is 0. The first-order valence-corrected chi connectivity index (χ1v) is 13.3. The van der Waals surface area contributed by atoms with E-state index in [9.17, 15) is 19.5 Å². The Morgan fingerprint density at radius 2 is 1.74 bits per heavy atom. The number of rotatable bonds is 8. The molecule has 1 aliphatic heterocycles. The van der Waals surface area contributed by atoms with E-state index in [-0.39, 0.29) is 36.8 Å². The van der Waals surface area contributed by atoms with Gasteiger partial charge in [0, 0.05) is 24.0 Å². The van der Waals surface area contributed by atoms with Crippen LogP contribution in [0.25, 0.3) is 11.1 Å². The molecule has 0 aromatic heterocycles. The van der Waals surface area contributed by atoms with Gasteiger partial charge in [-0.25, -0.2) is 4.79 Å². The first-order chi connectivity index (χ1) is 16.9. The largest absolute Gasteiger partial charge is 0.481 e. The average molecular weight is 497 g/mol. The van der Waals surface area contributed by atoms with Crippen LogP contribution < -0.4 is 5.32 Å². The third-order valence-electron chi connectivity index (χ3n) is 7.02. The van der Waals surface area contributed by atoms with E-state index in [0.29, 0.717) is 18.7 Å². The van der Waals surface area contributed by atoms with Crippen LogP contribution in [0.5, 0.6) is 0 Å². The van der Waals surface area contributed by atoms with Crippen LogP contribution in [0.4, 0.5) is 4.79 Å². The summed E-state index contributed by atoms with van der Waals surface area (Å²) >= 11 is 1.65. The Labute approximate surface area is 210 Å². The van der Waals surface area contributed by atoms with E-state index in [4.69, 9.17) is 4.74 Å². The summed E-state index contributed by atoms with van der Waals surface area (Å²) in [6.45, 7) is 4.52. The molecule has 2 aromatic rings. The van der Waals surface area contributed by atoms with E-state index >= 15 is 0 Å². The maximum Gasteiger partial charge on any atom is 0.407 e. The number of amides is 2. The van der Waals surface area contributed by atoms with Crippen molar-refractivity contribution in [3.63, 3.8) is 0 Å². The predicted octanol–water partition coefficient (Wildman–Crippen LogP) is 4.36. The summed E-state index contributed by atoms with van der Waals surface area (Å²) in [4.78, 5) is 39.3. The van der Waals surface area contributed by atoms with E-state index < -0.39 is 18.1 Å². The minimum Gasteiger partial charge on any atom is -0.481 e. The molecule has 2 amide bonds. The molecular weight excluding hydrogens is 464 g/mol. The Balaban J connectivity index is 1.45. The van der Waals surface area contributed by atoms with Crippen LogP contribution in [0.2, 0.25) is 0 Å². The first kappa shape index (κ1) is 25.1. The molecule has 1 saturated heterocycles. The SMILES string of the molecule is CCC(C)[C@H](NC(=O)OCC1c2ccccc2-c2ccccc21)C(=O)N1CCSCC1CC(=O)O. The van der Waals surface area contributed by atoms with Crippen LogP contribution in [0.3, 0.4) is 0 Å². The van der Waals surface area contributed by atoms with E-state index in [1.165, 1.54) is 0 Å². The third kappa shape index (κ3) is 5.48. The van der Waals surface area contributed by atoms with Gasteiger partial charge in [-0.05, 0) is 28.2 Å². The van der Waals surface area contributed by atoms with Gasteiger partial charge >= 0.3 is 12.1 Å². The normalized spacial score (nSPS) is 18.8. The Hall–Kier alpha value is -3.00. The van der Waals surface area contributed by atoms with Gasteiger partial charge in [0.05, 0.1) is 12.5 Å². The van der Waals surface area contributed by atoms with Gasteiger partial charge < -0.3 is 20.1 Å². The van der Waals surface area contributed by atoms with Gasteiger partial charge in [0.2, 0.25) is 5.91 Å². The Morgan fingerprint density at radius 1 is 1.11 bits per heavy atom. The van der Waals surface area contributed by atoms with Gasteiger partial charge in [-0.3, -0.25) is 9.59 Å². The van der Waals surface area contributed by atoms with Crippen LogP contribution in [0.15, 0.2) is 48.5 Å². The Morgan fingerprint density at radius 3 is 2.34 bits per heavy atom. The lowest BCUT2D eigenvalue weighted by Crippen LogP contribution is -2.57. The first-order valence-electron chi connectivity index (χ1n) is 12.1. The highest BCUT2D eigenvalue weighted by Crippen LogP contribution is 2.44. The number of nitrogens with zero attached hydrogens (tertiary/aromatic N) is 1. The number of nitrogens with one attached hydrogen (secondary N) is 1. The standard InChI is InChI=1S/C27H32N2O5S/c1-3-17(2)25(26(32)29-12-13-35-16-18(29)14-24(30)31)28-27(33)34-15-23-21-10-6-4-8-19(21)20-9-5-7-11-22(20)23/h4-11,17-18,23,25H,3,12-16H2,1-2H3,(H,28,33)(H,30,31)/t17?,18?,25-/m0/s1. The monoisotopic (exact) mass is 496 g/mol. The number of fused-ring (bicyclic) bond motifs is 3. The predicted molar refractivity (Wildman–Crippen MR) is 137 cm³/mol. The molecule has 186 valence electrons. The second kappa shape index (κ2) is 11.2. The maximum atomic E-state index is 13.5. The summed E-state index contributed by atoms with van der Waals surface area (Å²) in [5.41, 5.74) is 4.55. The summed E-state index contributed by atoms with van der Waals surface area (Å²) in [5, 5.41) is 12.1. The number of thioether (sulfide) groups is 1. The van der Waals surface area contributed by atoms with Crippen LogP contribution in [0, 0.1) is 5.92 Å². The van der Waals surface area contributed by atoms with Gasteiger partial charge in [0.1, 0.15) is 12.6 Å². The molecule has 1 heterocycles. The lowest BCUT2D eigenvalue weighted by molar-refractivity contribution is -0.141. The second-order valence-corrected chi connectivity index (χ2v) is 10.3. The summed E-state index contributed by atoms with van der Waals surface area (Å²) in [5.74, 6) is -0.0247. The van der Waals surface area contributed by atoms with Gasteiger partial charge in [-0.2, -0.15) is 11.8 Å². The summed E-state index contributed by atoms with van der Waals surface area (Å²) < 4.78 is 5.67. The molecule has 0 bridgehead atoms. The minimum atomic E-state index is -0.931. The van der Waals surface area contributed by atoms with Crippen LogP contribution >= 0.6 is 11.8 Å². The summed E-state index contributed by atoms with van der Waals surface area (Å²) in [6.07, 6.45) is -0.0462. The molecule has 0 saturated carbocycles. The van der Waals surface area contributed by atoms with Crippen molar-refractivity contribution >= 4 is 29.7 Å². The minimum absolute atomic E-state index is 0.0648. The lowest BCUT2D eigenvalue weighted by atomic mass is 9.97. The third-order valence-corrected chi connectivity index (χ3v) is 8.11. The van der Waals surface area contributed by atoms with Crippen molar-refractivity contribution in [1.82, 2.24) is 10.2 Å². The number of carboxylic acid groups (broad SMARTS) is 1. The zero-order valence-electron chi connectivity index (χ0n) is 20.1. The zero-order valence-corrected chi connectivity index (χ0v) is 20.9. The molecule has 8 heteroatoms. The highest BCUT2D eigenvalue weighted by Gasteiger charge is 2.36. The van der Waals surface area contributed by atoms with Gasteiger partial charge in [0.25, 0.3) is 0 Å². The smallest absolute Gasteiger partial charge is 0.407 e. The fourth-order valence-electron chi connectivity index (χ4n) is 4.94. The van der Waals surface area contributed by atoms with Gasteiger partial charge in [0.15, 0.2) is 0 Å². The molecule has 0 spiro atoms. The molecule has 2 unspecified atom stereocenters. The molecule has 2 N–H and O–H groups in total. The quantitative estimate of drug-likeness (QED) is 0.564. The van der Waals surface area contributed by atoms with Crippen molar-refractivity contribution in [2.45, 2.75) is 44.7 Å². The Bertz CT molecular complexity index is 1050. The Kier molecular flexibility index (Phi) is 8.00. The number of hydrogen-bond acceptors (Lipinski definition) is 5. The van der Waals surface area contributed by atoms with E-state index in [1.807, 2.05) is 38.1 Å².